The Labute approximate surface area is 238 Å². The first kappa shape index (κ1) is 31.8. The number of methoxy groups -OCH3 is 2. The van der Waals surface area contributed by atoms with E-state index in [1.807, 2.05) is 29.2 Å². The van der Waals surface area contributed by atoms with Crippen LogP contribution < -0.4 is 15.2 Å². The van der Waals surface area contributed by atoms with Crippen molar-refractivity contribution < 1.29 is 19.0 Å². The average molecular weight is 591 g/mol. The predicted octanol–water partition coefficient (Wildman–Crippen LogP) is 5.60. The molecule has 1 heterocycles. The lowest BCUT2D eigenvalue weighted by atomic mass is 9.84. The zero-order valence-electron chi connectivity index (χ0n) is 23.4. The van der Waals surface area contributed by atoms with Gasteiger partial charge in [-0.25, -0.2) is 0 Å². The van der Waals surface area contributed by atoms with Gasteiger partial charge in [0, 0.05) is 37.3 Å². The summed E-state index contributed by atoms with van der Waals surface area (Å²) in [6.45, 7) is 8.83. The molecule has 0 amide bonds. The van der Waals surface area contributed by atoms with Crippen molar-refractivity contribution in [3.8, 4) is 11.5 Å². The summed E-state index contributed by atoms with van der Waals surface area (Å²) in [6, 6.07) is 13.8. The molecule has 2 unspecified atom stereocenters. The largest absolute Gasteiger partial charge is 0.493 e. The zero-order chi connectivity index (χ0) is 27.0. The molecule has 0 radical (unpaired) electrons. The van der Waals surface area contributed by atoms with E-state index in [2.05, 4.69) is 32.9 Å². The van der Waals surface area contributed by atoms with Crippen LogP contribution in [0.3, 0.4) is 0 Å². The molecule has 2 atom stereocenters. The van der Waals surface area contributed by atoms with Crippen LogP contribution >= 0.6 is 17.0 Å². The van der Waals surface area contributed by atoms with Crippen molar-refractivity contribution in [2.24, 2.45) is 11.7 Å². The molecule has 7 nitrogen and oxygen atoms in total. The first-order valence-electron chi connectivity index (χ1n) is 13.2. The molecule has 1 saturated heterocycles. The van der Waals surface area contributed by atoms with E-state index < -0.39 is 0 Å². The zero-order valence-corrected chi connectivity index (χ0v) is 25.1. The number of halogens is 1. The molecule has 0 bridgehead atoms. The summed E-state index contributed by atoms with van der Waals surface area (Å²) in [6.07, 6.45) is 2.54. The maximum Gasteiger partial charge on any atom is 0.182 e. The number of amidine groups is 1. The third kappa shape index (κ3) is 7.80. The van der Waals surface area contributed by atoms with Crippen molar-refractivity contribution in [1.82, 2.24) is 4.90 Å². The van der Waals surface area contributed by atoms with E-state index >= 15 is 0 Å². The molecule has 0 spiro atoms. The maximum atomic E-state index is 13.6. The van der Waals surface area contributed by atoms with Gasteiger partial charge in [0.15, 0.2) is 17.3 Å². The number of nitrogens with two attached hydrogens (primary N) is 1. The van der Waals surface area contributed by atoms with Crippen molar-refractivity contribution in [3.63, 3.8) is 0 Å². The van der Waals surface area contributed by atoms with Gasteiger partial charge in [0.2, 0.25) is 0 Å². The van der Waals surface area contributed by atoms with Crippen LogP contribution in [0.1, 0.15) is 67.4 Å². The number of ketones is 1. The van der Waals surface area contributed by atoms with Crippen LogP contribution in [-0.2, 0) is 10.2 Å². The Morgan fingerprint density at radius 1 is 1.11 bits per heavy atom. The molecular formula is C30H44BrN3O4. The first-order chi connectivity index (χ1) is 17.7. The van der Waals surface area contributed by atoms with Crippen molar-refractivity contribution in [2.45, 2.75) is 51.4 Å². The number of hydrogen-bond donors (Lipinski definition) is 2. The van der Waals surface area contributed by atoms with Gasteiger partial charge in [-0.1, -0.05) is 51.1 Å². The predicted molar refractivity (Wildman–Crippen MR) is 159 cm³/mol. The SMILES string of the molecule is Br.COCCC1CN(CC(=O)c2cc(OCCCCN)c(OC)c(C(C)(C)C)c2)C(=N)C1c1ccccc1. The molecule has 1 aliphatic rings. The summed E-state index contributed by atoms with van der Waals surface area (Å²) >= 11 is 0. The number of hydrogen-bond acceptors (Lipinski definition) is 6. The third-order valence-corrected chi connectivity index (χ3v) is 6.99. The quantitative estimate of drug-likeness (QED) is 0.233. The number of ether oxygens (including phenoxy) is 3. The highest BCUT2D eigenvalue weighted by Crippen LogP contribution is 2.41. The summed E-state index contributed by atoms with van der Waals surface area (Å²) in [5.41, 5.74) is 7.98. The molecule has 210 valence electrons. The molecule has 8 heteroatoms. The summed E-state index contributed by atoms with van der Waals surface area (Å²) in [5.74, 6) is 1.85. The van der Waals surface area contributed by atoms with Gasteiger partial charge in [-0.2, -0.15) is 0 Å². The van der Waals surface area contributed by atoms with Crippen LogP contribution in [0.5, 0.6) is 11.5 Å². The van der Waals surface area contributed by atoms with E-state index in [4.69, 9.17) is 25.4 Å². The fourth-order valence-electron chi connectivity index (χ4n) is 5.01. The van der Waals surface area contributed by atoms with Gasteiger partial charge in [0.1, 0.15) is 5.84 Å². The summed E-state index contributed by atoms with van der Waals surface area (Å²) in [4.78, 5) is 15.6. The number of unbranched alkanes of at least 4 members (excludes halogenated alkanes) is 1. The van der Waals surface area contributed by atoms with Gasteiger partial charge in [-0.15, -0.1) is 17.0 Å². The molecule has 0 aliphatic carbocycles. The van der Waals surface area contributed by atoms with Gasteiger partial charge in [-0.3, -0.25) is 10.2 Å². The summed E-state index contributed by atoms with van der Waals surface area (Å²) < 4.78 is 17.2. The molecule has 3 N–H and O–H groups in total. The van der Waals surface area contributed by atoms with Crippen LogP contribution in [0.15, 0.2) is 42.5 Å². The Bertz CT molecular complexity index is 1060. The number of benzene rings is 2. The molecule has 0 saturated carbocycles. The van der Waals surface area contributed by atoms with Crippen molar-refractivity contribution in [3.05, 3.63) is 59.2 Å². The van der Waals surface area contributed by atoms with Gasteiger partial charge in [0.25, 0.3) is 0 Å². The standard InChI is InChI=1S/C30H43N3O4.BrH/c1-30(2,3)24-17-23(18-26(28(24)36-5)37-15-10-9-14-31)25(34)20-33-19-22(13-16-35-4)27(29(33)32)21-11-7-6-8-12-21;/h6-8,11-12,17-18,22,27,32H,9-10,13-16,19-20,31H2,1-5H3;1H. The van der Waals surface area contributed by atoms with E-state index in [0.29, 0.717) is 49.2 Å². The van der Waals surface area contributed by atoms with E-state index in [1.54, 1.807) is 20.3 Å². The molecule has 3 rings (SSSR count). The Morgan fingerprint density at radius 2 is 1.82 bits per heavy atom. The number of rotatable bonds is 13. The van der Waals surface area contributed by atoms with E-state index in [1.165, 1.54) is 0 Å². The van der Waals surface area contributed by atoms with E-state index in [-0.39, 0.29) is 46.6 Å². The number of likely N-dealkylation sites (tertiary alicyclic amines) is 1. The minimum atomic E-state index is -0.249. The van der Waals surface area contributed by atoms with Crippen molar-refractivity contribution >= 4 is 28.6 Å². The Morgan fingerprint density at radius 3 is 2.42 bits per heavy atom. The molecule has 1 fully saturated rings. The molecule has 0 aromatic heterocycles. The second-order valence-electron chi connectivity index (χ2n) is 10.8. The minimum absolute atomic E-state index is 0. The third-order valence-electron chi connectivity index (χ3n) is 6.99. The van der Waals surface area contributed by atoms with E-state index in [9.17, 15) is 4.79 Å². The average Bonchev–Trinajstić information content (AvgIpc) is 3.19. The fourth-order valence-corrected chi connectivity index (χ4v) is 5.01. The van der Waals surface area contributed by atoms with E-state index in [0.717, 1.165) is 30.4 Å². The molecule has 2 aromatic carbocycles. The smallest absolute Gasteiger partial charge is 0.182 e. The second kappa shape index (κ2) is 14.7. The normalized spacial score (nSPS) is 17.3. The lowest BCUT2D eigenvalue weighted by Gasteiger charge is -2.25. The van der Waals surface area contributed by atoms with Crippen molar-refractivity contribution in [2.75, 3.05) is 47.1 Å². The van der Waals surface area contributed by atoms with Crippen LogP contribution in [0.2, 0.25) is 0 Å². The molecule has 38 heavy (non-hydrogen) atoms. The van der Waals surface area contributed by atoms with Crippen LogP contribution in [0.4, 0.5) is 0 Å². The Kier molecular flexibility index (Phi) is 12.3. The Hall–Kier alpha value is -2.42. The number of nitrogens with one attached hydrogen (secondary N) is 1. The van der Waals surface area contributed by atoms with Crippen LogP contribution in [-0.4, -0.2) is 63.6 Å². The first-order valence-corrected chi connectivity index (χ1v) is 13.2. The number of Topliss-reactive ketones (excluding diaryl/α,β-unsaturated/α-hetero) is 1. The highest BCUT2D eigenvalue weighted by Gasteiger charge is 2.39. The van der Waals surface area contributed by atoms with Crippen LogP contribution in [0, 0.1) is 11.3 Å². The summed E-state index contributed by atoms with van der Waals surface area (Å²) in [7, 11) is 3.33. The summed E-state index contributed by atoms with van der Waals surface area (Å²) in [5, 5.41) is 8.98. The maximum absolute atomic E-state index is 13.6. The lowest BCUT2D eigenvalue weighted by Crippen LogP contribution is -2.32. The molecular weight excluding hydrogens is 546 g/mol. The van der Waals surface area contributed by atoms with Crippen LogP contribution in [0.25, 0.3) is 0 Å². The molecule has 1 aliphatic heterocycles. The number of nitrogens with zero attached hydrogens (tertiary/aromatic N) is 1. The molecule has 2 aromatic rings. The lowest BCUT2D eigenvalue weighted by molar-refractivity contribution is 0.0961. The van der Waals surface area contributed by atoms with Gasteiger partial charge in [-0.05, 0) is 54.8 Å². The minimum Gasteiger partial charge on any atom is -0.493 e. The number of carbonyl (C=O) groups is 1. The highest BCUT2D eigenvalue weighted by atomic mass is 79.9. The number of carbonyl (C=O) groups excluding carboxylic acids is 1. The second-order valence-corrected chi connectivity index (χ2v) is 10.8. The van der Waals surface area contributed by atoms with Crippen molar-refractivity contribution in [1.29, 1.82) is 5.41 Å². The van der Waals surface area contributed by atoms with Gasteiger partial charge < -0.3 is 24.8 Å². The fraction of sp³-hybridized carbons (Fsp3) is 0.533. The monoisotopic (exact) mass is 589 g/mol. The Balaban J connectivity index is 0.00000507. The highest BCUT2D eigenvalue weighted by molar-refractivity contribution is 8.93. The topological polar surface area (TPSA) is 97.9 Å². The van der Waals surface area contributed by atoms with Gasteiger partial charge in [0.05, 0.1) is 20.3 Å². The van der Waals surface area contributed by atoms with Gasteiger partial charge >= 0.3 is 0 Å².